The van der Waals surface area contributed by atoms with E-state index >= 15 is 0 Å². The van der Waals surface area contributed by atoms with Gasteiger partial charge in [-0.1, -0.05) is 0 Å². The maximum absolute atomic E-state index is 12.5. The van der Waals surface area contributed by atoms with E-state index in [0.29, 0.717) is 11.5 Å². The van der Waals surface area contributed by atoms with Crippen LogP contribution >= 0.6 is 0 Å². The minimum Gasteiger partial charge on any atom is -0.495 e. The molecule has 1 N–H and O–H groups in total. The minimum absolute atomic E-state index is 0.0672. The topological polar surface area (TPSA) is 100 Å². The molecule has 2 aromatic rings. The quantitative estimate of drug-likeness (QED) is 0.594. The molecule has 0 atom stereocenters. The van der Waals surface area contributed by atoms with Crippen LogP contribution in [-0.4, -0.2) is 34.3 Å². The zero-order valence-electron chi connectivity index (χ0n) is 15.0. The summed E-state index contributed by atoms with van der Waals surface area (Å²) >= 11 is 0. The Morgan fingerprint density at radius 3 is 2.56 bits per heavy atom. The van der Waals surface area contributed by atoms with Crippen LogP contribution in [0, 0.1) is 0 Å². The molecule has 144 valence electrons. The number of benzene rings is 2. The zero-order valence-corrected chi connectivity index (χ0v) is 15.8. The van der Waals surface area contributed by atoms with Gasteiger partial charge in [-0.25, -0.2) is 17.9 Å². The van der Waals surface area contributed by atoms with Gasteiger partial charge < -0.3 is 18.9 Å². The van der Waals surface area contributed by atoms with Gasteiger partial charge in [-0.05, 0) is 44.2 Å². The SMILES string of the molecule is COc1ccc(C(=O)Oc2ccc3c(c2)OCO3)cc1S(=O)(=O)NC(C)C. The summed E-state index contributed by atoms with van der Waals surface area (Å²) in [5.74, 6) is 0.705. The van der Waals surface area contributed by atoms with E-state index in [1.807, 2.05) is 0 Å². The van der Waals surface area contributed by atoms with Gasteiger partial charge in [-0.3, -0.25) is 0 Å². The van der Waals surface area contributed by atoms with E-state index in [9.17, 15) is 13.2 Å². The molecule has 0 saturated heterocycles. The van der Waals surface area contributed by atoms with Crippen molar-refractivity contribution in [2.24, 2.45) is 0 Å². The number of methoxy groups -OCH3 is 1. The number of nitrogens with one attached hydrogen (secondary N) is 1. The second-order valence-corrected chi connectivity index (χ2v) is 7.73. The summed E-state index contributed by atoms with van der Waals surface area (Å²) in [5, 5.41) is 0. The molecule has 0 aromatic heterocycles. The van der Waals surface area contributed by atoms with Gasteiger partial charge in [0.2, 0.25) is 16.8 Å². The minimum atomic E-state index is -3.86. The molecule has 9 heteroatoms. The lowest BCUT2D eigenvalue weighted by atomic mass is 10.2. The van der Waals surface area contributed by atoms with Crippen molar-refractivity contribution in [1.82, 2.24) is 4.72 Å². The number of ether oxygens (including phenoxy) is 4. The summed E-state index contributed by atoms with van der Waals surface area (Å²) in [7, 11) is -2.50. The molecule has 0 spiro atoms. The summed E-state index contributed by atoms with van der Waals surface area (Å²) in [4.78, 5) is 12.3. The standard InChI is InChI=1S/C18H19NO7S/c1-11(2)19-27(21,22)17-8-12(4-6-15(17)23-3)18(20)26-13-5-7-14-16(9-13)25-10-24-14/h4-9,11,19H,10H2,1-3H3. The number of sulfonamides is 1. The molecular weight excluding hydrogens is 374 g/mol. The maximum Gasteiger partial charge on any atom is 0.343 e. The lowest BCUT2D eigenvalue weighted by molar-refractivity contribution is 0.0734. The first-order valence-corrected chi connectivity index (χ1v) is 9.60. The maximum atomic E-state index is 12.5. The van der Waals surface area contributed by atoms with Crippen LogP contribution in [0.1, 0.15) is 24.2 Å². The van der Waals surface area contributed by atoms with E-state index in [1.54, 1.807) is 26.0 Å². The third-order valence-corrected chi connectivity index (χ3v) is 5.31. The van der Waals surface area contributed by atoms with E-state index in [-0.39, 0.29) is 34.8 Å². The summed E-state index contributed by atoms with van der Waals surface area (Å²) in [6.45, 7) is 3.50. The van der Waals surface area contributed by atoms with E-state index in [4.69, 9.17) is 18.9 Å². The Kier molecular flexibility index (Phi) is 5.24. The van der Waals surface area contributed by atoms with Crippen LogP contribution in [0.5, 0.6) is 23.0 Å². The van der Waals surface area contributed by atoms with Crippen molar-refractivity contribution >= 4 is 16.0 Å². The third-order valence-electron chi connectivity index (χ3n) is 3.63. The fourth-order valence-electron chi connectivity index (χ4n) is 2.49. The average Bonchev–Trinajstić information content (AvgIpc) is 3.07. The predicted octanol–water partition coefficient (Wildman–Crippen LogP) is 2.33. The van der Waals surface area contributed by atoms with Crippen LogP contribution in [-0.2, 0) is 10.0 Å². The molecule has 0 fully saturated rings. The number of fused-ring (bicyclic) bond motifs is 1. The van der Waals surface area contributed by atoms with E-state index < -0.39 is 16.0 Å². The van der Waals surface area contributed by atoms with Crippen molar-refractivity contribution < 1.29 is 32.2 Å². The Bertz CT molecular complexity index is 970. The lowest BCUT2D eigenvalue weighted by Crippen LogP contribution is -2.30. The molecule has 0 aliphatic carbocycles. The highest BCUT2D eigenvalue weighted by molar-refractivity contribution is 7.89. The summed E-state index contributed by atoms with van der Waals surface area (Å²) in [5.41, 5.74) is 0.0672. The van der Waals surface area contributed by atoms with Gasteiger partial charge in [0.1, 0.15) is 16.4 Å². The first-order chi connectivity index (χ1) is 12.8. The van der Waals surface area contributed by atoms with E-state index in [0.717, 1.165) is 0 Å². The molecule has 1 aliphatic rings. The molecule has 8 nitrogen and oxygen atoms in total. The highest BCUT2D eigenvalue weighted by atomic mass is 32.2. The lowest BCUT2D eigenvalue weighted by Gasteiger charge is -2.14. The monoisotopic (exact) mass is 393 g/mol. The number of hydrogen-bond donors (Lipinski definition) is 1. The summed E-state index contributed by atoms with van der Waals surface area (Å²) < 4.78 is 48.4. The molecule has 3 rings (SSSR count). The summed E-state index contributed by atoms with van der Waals surface area (Å²) in [6.07, 6.45) is 0. The number of hydrogen-bond acceptors (Lipinski definition) is 7. The van der Waals surface area contributed by atoms with Crippen LogP contribution in [0.15, 0.2) is 41.3 Å². The Labute approximate surface area is 157 Å². The Morgan fingerprint density at radius 2 is 1.85 bits per heavy atom. The largest absolute Gasteiger partial charge is 0.495 e. The second-order valence-electron chi connectivity index (χ2n) is 6.05. The molecule has 0 unspecified atom stereocenters. The Morgan fingerprint density at radius 1 is 1.11 bits per heavy atom. The molecule has 0 bridgehead atoms. The number of rotatable bonds is 6. The fourth-order valence-corrected chi connectivity index (χ4v) is 3.94. The van der Waals surface area contributed by atoms with Crippen LogP contribution < -0.4 is 23.7 Å². The van der Waals surface area contributed by atoms with Gasteiger partial charge in [-0.15, -0.1) is 0 Å². The average molecular weight is 393 g/mol. The molecule has 1 heterocycles. The van der Waals surface area contributed by atoms with Crippen molar-refractivity contribution in [2.45, 2.75) is 24.8 Å². The highest BCUT2D eigenvalue weighted by Crippen LogP contribution is 2.35. The highest BCUT2D eigenvalue weighted by Gasteiger charge is 2.23. The van der Waals surface area contributed by atoms with Crippen molar-refractivity contribution in [1.29, 1.82) is 0 Å². The molecule has 2 aromatic carbocycles. The van der Waals surface area contributed by atoms with Crippen LogP contribution in [0.4, 0.5) is 0 Å². The van der Waals surface area contributed by atoms with Crippen molar-refractivity contribution in [3.05, 3.63) is 42.0 Å². The van der Waals surface area contributed by atoms with Gasteiger partial charge in [-0.2, -0.15) is 0 Å². The van der Waals surface area contributed by atoms with Crippen LogP contribution in [0.25, 0.3) is 0 Å². The third kappa shape index (κ3) is 4.15. The molecule has 0 saturated carbocycles. The van der Waals surface area contributed by atoms with Crippen molar-refractivity contribution in [3.63, 3.8) is 0 Å². The van der Waals surface area contributed by atoms with E-state index in [2.05, 4.69) is 4.72 Å². The summed E-state index contributed by atoms with van der Waals surface area (Å²) in [6, 6.07) is 8.46. The molecule has 0 amide bonds. The van der Waals surface area contributed by atoms with Crippen LogP contribution in [0.3, 0.4) is 0 Å². The van der Waals surface area contributed by atoms with Gasteiger partial charge in [0.15, 0.2) is 11.5 Å². The first-order valence-electron chi connectivity index (χ1n) is 8.12. The van der Waals surface area contributed by atoms with Crippen LogP contribution in [0.2, 0.25) is 0 Å². The van der Waals surface area contributed by atoms with Gasteiger partial charge in [0, 0.05) is 12.1 Å². The molecule has 1 aliphatic heterocycles. The zero-order chi connectivity index (χ0) is 19.6. The fraction of sp³-hybridized carbons (Fsp3) is 0.278. The van der Waals surface area contributed by atoms with Gasteiger partial charge in [0.25, 0.3) is 0 Å². The number of esters is 1. The normalized spacial score (nSPS) is 12.9. The Hall–Kier alpha value is -2.78. The van der Waals surface area contributed by atoms with Gasteiger partial charge >= 0.3 is 5.97 Å². The van der Waals surface area contributed by atoms with Crippen molar-refractivity contribution in [2.75, 3.05) is 13.9 Å². The second kappa shape index (κ2) is 7.45. The smallest absolute Gasteiger partial charge is 0.343 e. The van der Waals surface area contributed by atoms with Gasteiger partial charge in [0.05, 0.1) is 12.7 Å². The Balaban J connectivity index is 1.88. The first kappa shape index (κ1) is 19.0. The predicted molar refractivity (Wildman–Crippen MR) is 96.0 cm³/mol. The molecule has 27 heavy (non-hydrogen) atoms. The van der Waals surface area contributed by atoms with Crippen molar-refractivity contribution in [3.8, 4) is 23.0 Å². The molecule has 0 radical (unpaired) electrons. The van der Waals surface area contributed by atoms with E-state index in [1.165, 1.54) is 31.4 Å². The number of carbonyl (C=O) groups excluding carboxylic acids is 1. The molecular formula is C18H19NO7S. The number of carbonyl (C=O) groups is 1.